The summed E-state index contributed by atoms with van der Waals surface area (Å²) in [6, 6.07) is 5.92. The number of hydrogen-bond donors (Lipinski definition) is 2. The zero-order valence-corrected chi connectivity index (χ0v) is 13.0. The monoisotopic (exact) mass is 305 g/mol. The van der Waals surface area contributed by atoms with E-state index in [0.29, 0.717) is 12.3 Å². The van der Waals surface area contributed by atoms with Gasteiger partial charge in [-0.25, -0.2) is 0 Å². The van der Waals surface area contributed by atoms with Crippen molar-refractivity contribution < 1.29 is 9.53 Å². The van der Waals surface area contributed by atoms with E-state index in [0.717, 1.165) is 23.4 Å². The minimum Gasteiger partial charge on any atom is -0.375 e. The topological polar surface area (TPSA) is 67.0 Å². The fraction of sp³-hybridized carbons (Fsp3) is 0.467. The molecule has 2 N–H and O–H groups in total. The number of hydrogen-bond acceptors (Lipinski definition) is 4. The number of carbonyl (C=O) groups is 1. The molecule has 0 unspecified atom stereocenters. The largest absolute Gasteiger partial charge is 0.375 e. The summed E-state index contributed by atoms with van der Waals surface area (Å²) in [4.78, 5) is 13.4. The van der Waals surface area contributed by atoms with E-state index in [1.165, 1.54) is 0 Å². The van der Waals surface area contributed by atoms with Gasteiger partial charge in [0.25, 0.3) is 5.91 Å². The number of aromatic amines is 1. The standard InChI is InChI=1S/C15H19N3O2S/c1-15(2)9-10(5-6-20-15)16-14(19)12-8-11(17-18-12)13-4-3-7-21-13/h3-4,7-8,10H,5-6,9H2,1-2H3,(H,16,19)(H,17,18)/t10-/m1/s1. The fourth-order valence-corrected chi connectivity index (χ4v) is 3.30. The molecule has 1 aliphatic heterocycles. The van der Waals surface area contributed by atoms with Crippen molar-refractivity contribution in [3.63, 3.8) is 0 Å². The minimum atomic E-state index is -0.177. The first-order valence-electron chi connectivity index (χ1n) is 7.08. The van der Waals surface area contributed by atoms with Gasteiger partial charge in [0.05, 0.1) is 16.2 Å². The van der Waals surface area contributed by atoms with Crippen molar-refractivity contribution in [2.75, 3.05) is 6.61 Å². The second kappa shape index (κ2) is 5.61. The molecule has 2 aromatic rings. The Kier molecular flexibility index (Phi) is 3.82. The van der Waals surface area contributed by atoms with Gasteiger partial charge in [-0.05, 0) is 44.2 Å². The van der Waals surface area contributed by atoms with Gasteiger partial charge in [-0.3, -0.25) is 9.89 Å². The highest BCUT2D eigenvalue weighted by atomic mass is 32.1. The number of ether oxygens (including phenoxy) is 1. The highest BCUT2D eigenvalue weighted by molar-refractivity contribution is 7.13. The van der Waals surface area contributed by atoms with Gasteiger partial charge in [-0.2, -0.15) is 5.10 Å². The first kappa shape index (κ1) is 14.3. The molecule has 21 heavy (non-hydrogen) atoms. The number of nitrogens with zero attached hydrogens (tertiary/aromatic N) is 1. The highest BCUT2D eigenvalue weighted by Crippen LogP contribution is 2.25. The summed E-state index contributed by atoms with van der Waals surface area (Å²) >= 11 is 1.62. The Bertz CT molecular complexity index is 619. The van der Waals surface area contributed by atoms with E-state index in [9.17, 15) is 4.79 Å². The third kappa shape index (κ3) is 3.33. The van der Waals surface area contributed by atoms with Crippen LogP contribution in [-0.4, -0.2) is 34.4 Å². The van der Waals surface area contributed by atoms with Gasteiger partial charge in [0.15, 0.2) is 5.69 Å². The summed E-state index contributed by atoms with van der Waals surface area (Å²) < 4.78 is 5.66. The molecule has 3 rings (SSSR count). The quantitative estimate of drug-likeness (QED) is 0.916. The summed E-state index contributed by atoms with van der Waals surface area (Å²) in [6.07, 6.45) is 1.66. The lowest BCUT2D eigenvalue weighted by molar-refractivity contribution is -0.0615. The lowest BCUT2D eigenvalue weighted by Gasteiger charge is -2.35. The molecule has 1 fully saturated rings. The zero-order chi connectivity index (χ0) is 14.9. The molecule has 1 aliphatic rings. The predicted molar refractivity (Wildman–Crippen MR) is 82.4 cm³/mol. The maximum Gasteiger partial charge on any atom is 0.272 e. The zero-order valence-electron chi connectivity index (χ0n) is 12.2. The van der Waals surface area contributed by atoms with Gasteiger partial charge >= 0.3 is 0 Å². The first-order chi connectivity index (χ1) is 10.0. The van der Waals surface area contributed by atoms with Crippen LogP contribution >= 0.6 is 11.3 Å². The van der Waals surface area contributed by atoms with E-state index in [1.807, 2.05) is 17.5 Å². The summed E-state index contributed by atoms with van der Waals surface area (Å²) in [5.41, 5.74) is 1.13. The predicted octanol–water partition coefficient (Wildman–Crippen LogP) is 2.83. The Morgan fingerprint density at radius 3 is 3.14 bits per heavy atom. The molecule has 2 aromatic heterocycles. The number of nitrogens with one attached hydrogen (secondary N) is 2. The maximum absolute atomic E-state index is 12.3. The maximum atomic E-state index is 12.3. The van der Waals surface area contributed by atoms with Crippen LogP contribution in [0.2, 0.25) is 0 Å². The summed E-state index contributed by atoms with van der Waals surface area (Å²) in [5.74, 6) is -0.128. The van der Waals surface area contributed by atoms with Gasteiger partial charge in [-0.15, -0.1) is 11.3 Å². The minimum absolute atomic E-state index is 0.128. The van der Waals surface area contributed by atoms with Crippen molar-refractivity contribution in [1.82, 2.24) is 15.5 Å². The summed E-state index contributed by atoms with van der Waals surface area (Å²) in [5, 5.41) is 12.1. The van der Waals surface area contributed by atoms with Crippen molar-refractivity contribution in [3.05, 3.63) is 29.3 Å². The van der Waals surface area contributed by atoms with Crippen molar-refractivity contribution in [1.29, 1.82) is 0 Å². The Hall–Kier alpha value is -1.66. The lowest BCUT2D eigenvalue weighted by atomic mass is 9.94. The SMILES string of the molecule is CC1(C)C[C@H](NC(=O)c2cc(-c3cccs3)[nH]n2)CCO1. The Morgan fingerprint density at radius 2 is 2.43 bits per heavy atom. The van der Waals surface area contributed by atoms with E-state index >= 15 is 0 Å². The normalized spacial score (nSPS) is 21.1. The molecule has 5 nitrogen and oxygen atoms in total. The van der Waals surface area contributed by atoms with Crippen LogP contribution < -0.4 is 5.32 Å². The average Bonchev–Trinajstić information content (AvgIpc) is 3.09. The second-order valence-corrected chi connectivity index (χ2v) is 6.86. The van der Waals surface area contributed by atoms with Crippen LogP contribution in [0.3, 0.4) is 0 Å². The molecule has 6 heteroatoms. The van der Waals surface area contributed by atoms with Crippen molar-refractivity contribution in [3.8, 4) is 10.6 Å². The van der Waals surface area contributed by atoms with Crippen molar-refractivity contribution in [2.24, 2.45) is 0 Å². The van der Waals surface area contributed by atoms with E-state index < -0.39 is 0 Å². The third-order valence-electron chi connectivity index (χ3n) is 3.63. The van der Waals surface area contributed by atoms with E-state index in [1.54, 1.807) is 17.4 Å². The molecule has 0 aliphatic carbocycles. The Balaban J connectivity index is 1.66. The van der Waals surface area contributed by atoms with Crippen molar-refractivity contribution >= 4 is 17.2 Å². The molecular formula is C15H19N3O2S. The van der Waals surface area contributed by atoms with Gasteiger partial charge in [0, 0.05) is 12.6 Å². The van der Waals surface area contributed by atoms with Crippen LogP contribution in [0.15, 0.2) is 23.6 Å². The van der Waals surface area contributed by atoms with Crippen molar-refractivity contribution in [2.45, 2.75) is 38.3 Å². The van der Waals surface area contributed by atoms with Gasteiger partial charge in [0.1, 0.15) is 0 Å². The Labute approximate surface area is 127 Å². The second-order valence-electron chi connectivity index (χ2n) is 5.92. The number of carbonyl (C=O) groups excluding carboxylic acids is 1. The van der Waals surface area contributed by atoms with E-state index in [-0.39, 0.29) is 17.6 Å². The van der Waals surface area contributed by atoms with Crippen LogP contribution in [0.5, 0.6) is 0 Å². The third-order valence-corrected chi connectivity index (χ3v) is 4.53. The van der Waals surface area contributed by atoms with Gasteiger partial charge < -0.3 is 10.1 Å². The van der Waals surface area contributed by atoms with E-state index in [4.69, 9.17) is 4.74 Å². The fourth-order valence-electron chi connectivity index (χ4n) is 2.61. The molecule has 0 saturated carbocycles. The van der Waals surface area contributed by atoms with Gasteiger partial charge in [0.2, 0.25) is 0 Å². The number of amides is 1. The molecule has 1 amide bonds. The van der Waals surface area contributed by atoms with Crippen LogP contribution in [0, 0.1) is 0 Å². The Morgan fingerprint density at radius 1 is 1.57 bits per heavy atom. The molecule has 3 heterocycles. The smallest absolute Gasteiger partial charge is 0.272 e. The van der Waals surface area contributed by atoms with Crippen LogP contribution in [0.4, 0.5) is 0 Å². The van der Waals surface area contributed by atoms with E-state index in [2.05, 4.69) is 29.4 Å². The number of rotatable bonds is 3. The molecule has 1 atom stereocenters. The summed E-state index contributed by atoms with van der Waals surface area (Å²) in [7, 11) is 0. The molecule has 1 saturated heterocycles. The molecule has 0 radical (unpaired) electrons. The molecular weight excluding hydrogens is 286 g/mol. The lowest BCUT2D eigenvalue weighted by Crippen LogP contribution is -2.45. The molecule has 112 valence electrons. The molecule has 0 spiro atoms. The van der Waals surface area contributed by atoms with Crippen LogP contribution in [-0.2, 0) is 4.74 Å². The molecule has 0 bridgehead atoms. The van der Waals surface area contributed by atoms with Gasteiger partial charge in [-0.1, -0.05) is 6.07 Å². The number of H-pyrrole nitrogens is 1. The highest BCUT2D eigenvalue weighted by Gasteiger charge is 2.30. The number of aromatic nitrogens is 2. The number of thiophene rings is 1. The average molecular weight is 305 g/mol. The summed E-state index contributed by atoms with van der Waals surface area (Å²) in [6.45, 7) is 4.78. The first-order valence-corrected chi connectivity index (χ1v) is 7.96. The molecule has 0 aromatic carbocycles. The van der Waals surface area contributed by atoms with Crippen LogP contribution in [0.25, 0.3) is 10.6 Å². The van der Waals surface area contributed by atoms with Crippen LogP contribution in [0.1, 0.15) is 37.2 Å².